The van der Waals surface area contributed by atoms with Crippen molar-refractivity contribution in [1.82, 2.24) is 5.16 Å². The van der Waals surface area contributed by atoms with E-state index in [0.717, 1.165) is 11.1 Å². The van der Waals surface area contributed by atoms with Crippen molar-refractivity contribution in [3.8, 4) is 0 Å². The van der Waals surface area contributed by atoms with Crippen LogP contribution in [-0.2, 0) is 9.53 Å². The van der Waals surface area contributed by atoms with Crippen molar-refractivity contribution in [2.24, 2.45) is 0 Å². The van der Waals surface area contributed by atoms with Gasteiger partial charge in [0.1, 0.15) is 0 Å². The SMILES string of the molecule is Cc1cc(NC(=O)COC(=O)c2ccc(C)c(C)c2)on1. The minimum Gasteiger partial charge on any atom is -0.452 e. The van der Waals surface area contributed by atoms with Gasteiger partial charge in [-0.3, -0.25) is 10.1 Å². The van der Waals surface area contributed by atoms with Crippen molar-refractivity contribution in [1.29, 1.82) is 0 Å². The Morgan fingerprint density at radius 2 is 1.95 bits per heavy atom. The second-order valence-electron chi connectivity index (χ2n) is 4.76. The molecular weight excluding hydrogens is 272 g/mol. The highest BCUT2D eigenvalue weighted by Crippen LogP contribution is 2.11. The first-order valence-corrected chi connectivity index (χ1v) is 6.43. The summed E-state index contributed by atoms with van der Waals surface area (Å²) < 4.78 is 9.78. The molecule has 0 radical (unpaired) electrons. The summed E-state index contributed by atoms with van der Waals surface area (Å²) in [6, 6.07) is 6.81. The average Bonchev–Trinajstić information content (AvgIpc) is 2.84. The van der Waals surface area contributed by atoms with Crippen molar-refractivity contribution in [2.75, 3.05) is 11.9 Å². The van der Waals surface area contributed by atoms with E-state index < -0.39 is 11.9 Å². The van der Waals surface area contributed by atoms with E-state index in [1.54, 1.807) is 25.1 Å². The third kappa shape index (κ3) is 3.92. The Hall–Kier alpha value is -2.63. The number of benzene rings is 1. The third-order valence-electron chi connectivity index (χ3n) is 2.97. The number of anilines is 1. The van der Waals surface area contributed by atoms with Crippen LogP contribution in [-0.4, -0.2) is 23.6 Å². The molecule has 0 aliphatic heterocycles. The Morgan fingerprint density at radius 1 is 1.19 bits per heavy atom. The number of ether oxygens (including phenoxy) is 1. The molecule has 0 aliphatic rings. The van der Waals surface area contributed by atoms with Crippen LogP contribution < -0.4 is 5.32 Å². The van der Waals surface area contributed by atoms with Crippen LogP contribution in [0.5, 0.6) is 0 Å². The fraction of sp³-hybridized carbons (Fsp3) is 0.267. The van der Waals surface area contributed by atoms with E-state index >= 15 is 0 Å². The van der Waals surface area contributed by atoms with E-state index in [1.807, 2.05) is 19.9 Å². The highest BCUT2D eigenvalue weighted by Gasteiger charge is 2.12. The fourth-order valence-corrected chi connectivity index (χ4v) is 1.68. The molecule has 1 N–H and O–H groups in total. The number of rotatable bonds is 4. The molecule has 6 nitrogen and oxygen atoms in total. The quantitative estimate of drug-likeness (QED) is 0.874. The molecule has 1 heterocycles. The van der Waals surface area contributed by atoms with Gasteiger partial charge < -0.3 is 9.26 Å². The van der Waals surface area contributed by atoms with Crippen LogP contribution in [0, 0.1) is 20.8 Å². The van der Waals surface area contributed by atoms with E-state index in [0.29, 0.717) is 11.3 Å². The lowest BCUT2D eigenvalue weighted by Gasteiger charge is -2.06. The number of aromatic nitrogens is 1. The van der Waals surface area contributed by atoms with E-state index in [2.05, 4.69) is 10.5 Å². The summed E-state index contributed by atoms with van der Waals surface area (Å²) in [5.41, 5.74) is 3.15. The van der Waals surface area contributed by atoms with Gasteiger partial charge in [-0.2, -0.15) is 0 Å². The molecule has 0 atom stereocenters. The van der Waals surface area contributed by atoms with Gasteiger partial charge in [-0.25, -0.2) is 4.79 Å². The fourth-order valence-electron chi connectivity index (χ4n) is 1.68. The van der Waals surface area contributed by atoms with Gasteiger partial charge in [0, 0.05) is 6.07 Å². The van der Waals surface area contributed by atoms with Crippen molar-refractivity contribution in [2.45, 2.75) is 20.8 Å². The molecule has 0 aliphatic carbocycles. The molecule has 21 heavy (non-hydrogen) atoms. The minimum absolute atomic E-state index is 0.222. The van der Waals surface area contributed by atoms with Crippen LogP contribution in [0.2, 0.25) is 0 Å². The third-order valence-corrected chi connectivity index (χ3v) is 2.97. The van der Waals surface area contributed by atoms with Crippen LogP contribution in [0.1, 0.15) is 27.2 Å². The molecule has 2 aromatic rings. The van der Waals surface area contributed by atoms with Gasteiger partial charge in [0.15, 0.2) is 6.61 Å². The van der Waals surface area contributed by atoms with Crippen molar-refractivity contribution in [3.05, 3.63) is 46.6 Å². The van der Waals surface area contributed by atoms with Crippen molar-refractivity contribution >= 4 is 17.8 Å². The second-order valence-corrected chi connectivity index (χ2v) is 4.76. The topological polar surface area (TPSA) is 81.4 Å². The number of amides is 1. The normalized spacial score (nSPS) is 10.2. The van der Waals surface area contributed by atoms with E-state index in [4.69, 9.17) is 9.26 Å². The molecule has 6 heteroatoms. The highest BCUT2D eigenvalue weighted by molar-refractivity contribution is 5.94. The summed E-state index contributed by atoms with van der Waals surface area (Å²) in [7, 11) is 0. The molecule has 0 fully saturated rings. The molecule has 1 aromatic heterocycles. The standard InChI is InChI=1S/C15H16N2O4/c1-9-4-5-12(6-10(9)2)15(19)20-8-13(18)16-14-7-11(3)17-21-14/h4-7H,8H2,1-3H3,(H,16,18). The Labute approximate surface area is 122 Å². The minimum atomic E-state index is -0.540. The molecule has 0 saturated heterocycles. The van der Waals surface area contributed by atoms with Gasteiger partial charge in [0.05, 0.1) is 11.3 Å². The van der Waals surface area contributed by atoms with Crippen LogP contribution in [0.25, 0.3) is 0 Å². The molecule has 110 valence electrons. The van der Waals surface area contributed by atoms with Crippen LogP contribution in [0.4, 0.5) is 5.88 Å². The number of hydrogen-bond acceptors (Lipinski definition) is 5. The first kappa shape index (κ1) is 14.8. The number of aryl methyl sites for hydroxylation is 3. The van der Waals surface area contributed by atoms with E-state index in [-0.39, 0.29) is 12.5 Å². The summed E-state index contributed by atoms with van der Waals surface area (Å²) in [5.74, 6) is -0.801. The summed E-state index contributed by atoms with van der Waals surface area (Å²) in [5, 5.41) is 6.08. The Kier molecular flexibility index (Phi) is 4.37. The first-order chi connectivity index (χ1) is 9.95. The monoisotopic (exact) mass is 288 g/mol. The molecule has 0 saturated carbocycles. The van der Waals surface area contributed by atoms with Gasteiger partial charge >= 0.3 is 5.97 Å². The van der Waals surface area contributed by atoms with Gasteiger partial charge in [0.2, 0.25) is 5.88 Å². The smallest absolute Gasteiger partial charge is 0.338 e. The zero-order chi connectivity index (χ0) is 15.4. The molecule has 1 amide bonds. The molecule has 0 unspecified atom stereocenters. The van der Waals surface area contributed by atoms with E-state index in [9.17, 15) is 9.59 Å². The summed E-state index contributed by atoms with van der Waals surface area (Å²) >= 11 is 0. The number of nitrogens with zero attached hydrogens (tertiary/aromatic N) is 1. The summed E-state index contributed by atoms with van der Waals surface area (Å²) in [6.07, 6.45) is 0. The van der Waals surface area contributed by atoms with E-state index in [1.165, 1.54) is 0 Å². The Morgan fingerprint density at radius 3 is 2.57 bits per heavy atom. The lowest BCUT2D eigenvalue weighted by molar-refractivity contribution is -0.119. The lowest BCUT2D eigenvalue weighted by atomic mass is 10.1. The predicted octanol–water partition coefficient (Wildman–Crippen LogP) is 2.40. The number of hydrogen-bond donors (Lipinski definition) is 1. The van der Waals surface area contributed by atoms with Crippen molar-refractivity contribution in [3.63, 3.8) is 0 Å². The zero-order valence-electron chi connectivity index (χ0n) is 12.1. The summed E-state index contributed by atoms with van der Waals surface area (Å²) in [6.45, 7) is 5.22. The molecular formula is C15H16N2O4. The summed E-state index contributed by atoms with van der Waals surface area (Å²) in [4.78, 5) is 23.4. The highest BCUT2D eigenvalue weighted by atomic mass is 16.5. The number of esters is 1. The maximum absolute atomic E-state index is 11.8. The molecule has 0 spiro atoms. The lowest BCUT2D eigenvalue weighted by Crippen LogP contribution is -2.20. The van der Waals surface area contributed by atoms with Gasteiger partial charge in [-0.1, -0.05) is 11.2 Å². The maximum atomic E-state index is 11.8. The molecule has 0 bridgehead atoms. The van der Waals surface area contributed by atoms with Gasteiger partial charge in [0.25, 0.3) is 5.91 Å². The zero-order valence-corrected chi connectivity index (χ0v) is 12.1. The maximum Gasteiger partial charge on any atom is 0.338 e. The van der Waals surface area contributed by atoms with Crippen LogP contribution in [0.15, 0.2) is 28.8 Å². The van der Waals surface area contributed by atoms with Crippen LogP contribution >= 0.6 is 0 Å². The second kappa shape index (κ2) is 6.21. The number of carbonyl (C=O) groups is 2. The number of carbonyl (C=O) groups excluding carboxylic acids is 2. The predicted molar refractivity (Wildman–Crippen MR) is 76.1 cm³/mol. The Balaban J connectivity index is 1.88. The largest absolute Gasteiger partial charge is 0.452 e. The average molecular weight is 288 g/mol. The Bertz CT molecular complexity index is 676. The van der Waals surface area contributed by atoms with Crippen molar-refractivity contribution < 1.29 is 18.8 Å². The number of nitrogens with one attached hydrogen (secondary N) is 1. The first-order valence-electron chi connectivity index (χ1n) is 6.43. The van der Waals surface area contributed by atoms with Gasteiger partial charge in [-0.05, 0) is 44.0 Å². The van der Waals surface area contributed by atoms with Gasteiger partial charge in [-0.15, -0.1) is 0 Å². The molecule has 2 rings (SSSR count). The molecule has 1 aromatic carbocycles. The van der Waals surface area contributed by atoms with Crippen LogP contribution in [0.3, 0.4) is 0 Å².